The number of carbonyl (C=O) groups is 1. The first-order chi connectivity index (χ1) is 6.15. The third-order valence-electron chi connectivity index (χ3n) is 1.41. The monoisotopic (exact) mass is 185 g/mol. The van der Waals surface area contributed by atoms with E-state index in [0.717, 1.165) is 0 Å². The van der Waals surface area contributed by atoms with E-state index < -0.39 is 12.1 Å². The number of aryl methyl sites for hydroxylation is 1. The predicted molar refractivity (Wildman–Crippen MR) is 42.6 cm³/mol. The minimum atomic E-state index is -1.34. The first-order valence-electron chi connectivity index (χ1n) is 3.86. The Morgan fingerprint density at radius 2 is 2.54 bits per heavy atom. The molecular formula is C7H11N3O3. The summed E-state index contributed by atoms with van der Waals surface area (Å²) in [6, 6.07) is 0. The van der Waals surface area contributed by atoms with Gasteiger partial charge in [-0.3, -0.25) is 4.68 Å². The van der Waals surface area contributed by atoms with Crippen LogP contribution in [0.1, 0.15) is 18.7 Å². The average molecular weight is 185 g/mol. The number of aliphatic hydroxyl groups is 1. The van der Waals surface area contributed by atoms with Crippen molar-refractivity contribution in [1.82, 2.24) is 15.0 Å². The fourth-order valence-corrected chi connectivity index (χ4v) is 0.832. The third kappa shape index (κ3) is 2.25. The number of nitrogens with zero attached hydrogens (tertiary/aromatic N) is 3. The van der Waals surface area contributed by atoms with Gasteiger partial charge in [0.15, 0.2) is 6.10 Å². The van der Waals surface area contributed by atoms with Crippen molar-refractivity contribution in [2.24, 2.45) is 7.05 Å². The lowest BCUT2D eigenvalue weighted by Crippen LogP contribution is -2.15. The molecule has 13 heavy (non-hydrogen) atoms. The summed E-state index contributed by atoms with van der Waals surface area (Å²) in [5.41, 5.74) is 0.195. The van der Waals surface area contributed by atoms with Gasteiger partial charge in [0, 0.05) is 7.05 Å². The van der Waals surface area contributed by atoms with Gasteiger partial charge in [-0.15, -0.1) is 5.10 Å². The number of aromatic nitrogens is 3. The van der Waals surface area contributed by atoms with Crippen molar-refractivity contribution in [3.8, 4) is 0 Å². The molecule has 6 nitrogen and oxygen atoms in total. The summed E-state index contributed by atoms with van der Waals surface area (Å²) >= 11 is 0. The second-order valence-corrected chi connectivity index (χ2v) is 2.47. The molecule has 0 amide bonds. The lowest BCUT2D eigenvalue weighted by Gasteiger charge is -2.04. The van der Waals surface area contributed by atoms with Gasteiger partial charge in [0.1, 0.15) is 5.69 Å². The molecule has 1 heterocycles. The fourth-order valence-electron chi connectivity index (χ4n) is 0.832. The summed E-state index contributed by atoms with van der Waals surface area (Å²) in [6.45, 7) is 1.90. The molecule has 0 aliphatic heterocycles. The molecule has 1 atom stereocenters. The van der Waals surface area contributed by atoms with Crippen LogP contribution < -0.4 is 0 Å². The lowest BCUT2D eigenvalue weighted by molar-refractivity contribution is -0.153. The Kier molecular flexibility index (Phi) is 2.97. The Balaban J connectivity index is 2.67. The van der Waals surface area contributed by atoms with Crippen molar-refractivity contribution in [3.63, 3.8) is 0 Å². The highest BCUT2D eigenvalue weighted by atomic mass is 16.5. The molecule has 1 unspecified atom stereocenters. The highest BCUT2D eigenvalue weighted by molar-refractivity contribution is 5.75. The van der Waals surface area contributed by atoms with Gasteiger partial charge in [-0.2, -0.15) is 0 Å². The van der Waals surface area contributed by atoms with E-state index in [4.69, 9.17) is 0 Å². The van der Waals surface area contributed by atoms with Gasteiger partial charge in [-0.05, 0) is 6.92 Å². The minimum absolute atomic E-state index is 0.195. The third-order valence-corrected chi connectivity index (χ3v) is 1.41. The molecule has 0 fully saturated rings. The van der Waals surface area contributed by atoms with E-state index in [1.165, 1.54) is 10.9 Å². The second-order valence-electron chi connectivity index (χ2n) is 2.47. The number of rotatable bonds is 3. The van der Waals surface area contributed by atoms with Gasteiger partial charge < -0.3 is 9.84 Å². The maximum atomic E-state index is 11.0. The molecule has 1 aromatic heterocycles. The molecule has 0 saturated heterocycles. The van der Waals surface area contributed by atoms with E-state index in [9.17, 15) is 9.90 Å². The molecule has 0 aliphatic carbocycles. The Labute approximate surface area is 75.1 Å². The van der Waals surface area contributed by atoms with E-state index in [2.05, 4.69) is 15.0 Å². The predicted octanol–water partition coefficient (Wildman–Crippen LogP) is -0.588. The Bertz CT molecular complexity index is 297. The van der Waals surface area contributed by atoms with E-state index in [-0.39, 0.29) is 12.3 Å². The quantitative estimate of drug-likeness (QED) is 0.637. The van der Waals surface area contributed by atoms with E-state index >= 15 is 0 Å². The maximum Gasteiger partial charge on any atom is 0.341 e. The van der Waals surface area contributed by atoms with Crippen molar-refractivity contribution in [1.29, 1.82) is 0 Å². The number of carbonyl (C=O) groups excluding carboxylic acids is 1. The van der Waals surface area contributed by atoms with Crippen LogP contribution in [0.2, 0.25) is 0 Å². The fraction of sp³-hybridized carbons (Fsp3) is 0.571. The second kappa shape index (κ2) is 3.99. The van der Waals surface area contributed by atoms with E-state index in [0.29, 0.717) is 0 Å². The minimum Gasteiger partial charge on any atom is -0.464 e. The van der Waals surface area contributed by atoms with Gasteiger partial charge in [0.2, 0.25) is 0 Å². The summed E-state index contributed by atoms with van der Waals surface area (Å²) in [6.07, 6.45) is 0.121. The standard InChI is InChI=1S/C7H11N3O3/c1-3-13-7(12)6(11)5-4-10(2)9-8-5/h4,6,11H,3H2,1-2H3. The van der Waals surface area contributed by atoms with Crippen molar-refractivity contribution in [2.75, 3.05) is 6.61 Å². The molecule has 1 rings (SSSR count). The zero-order valence-corrected chi connectivity index (χ0v) is 7.47. The summed E-state index contributed by atoms with van der Waals surface area (Å²) in [5.74, 6) is -0.706. The van der Waals surface area contributed by atoms with Crippen molar-refractivity contribution in [3.05, 3.63) is 11.9 Å². The summed E-state index contributed by atoms with van der Waals surface area (Å²) in [5, 5.41) is 16.5. The SMILES string of the molecule is CCOC(=O)C(O)c1cn(C)nn1. The summed E-state index contributed by atoms with van der Waals surface area (Å²) < 4.78 is 6.00. The number of hydrogen-bond donors (Lipinski definition) is 1. The molecule has 0 bridgehead atoms. The van der Waals surface area contributed by atoms with Crippen LogP contribution in [0.4, 0.5) is 0 Å². The van der Waals surface area contributed by atoms with Gasteiger partial charge >= 0.3 is 5.97 Å². The Morgan fingerprint density at radius 3 is 3.00 bits per heavy atom. The van der Waals surface area contributed by atoms with Crippen LogP contribution in [-0.4, -0.2) is 32.7 Å². The Morgan fingerprint density at radius 1 is 1.85 bits per heavy atom. The van der Waals surface area contributed by atoms with Gasteiger partial charge in [0.05, 0.1) is 12.8 Å². The summed E-state index contributed by atoms with van der Waals surface area (Å²) in [7, 11) is 1.65. The maximum absolute atomic E-state index is 11.0. The highest BCUT2D eigenvalue weighted by Gasteiger charge is 2.21. The summed E-state index contributed by atoms with van der Waals surface area (Å²) in [4.78, 5) is 11.0. The van der Waals surface area contributed by atoms with Crippen LogP contribution in [0, 0.1) is 0 Å². The van der Waals surface area contributed by atoms with Gasteiger partial charge in [0.25, 0.3) is 0 Å². The largest absolute Gasteiger partial charge is 0.464 e. The Hall–Kier alpha value is -1.43. The lowest BCUT2D eigenvalue weighted by atomic mass is 10.3. The molecule has 0 spiro atoms. The zero-order chi connectivity index (χ0) is 9.84. The van der Waals surface area contributed by atoms with Gasteiger partial charge in [-0.25, -0.2) is 4.79 Å². The molecule has 1 aromatic rings. The molecule has 0 saturated carbocycles. The number of esters is 1. The van der Waals surface area contributed by atoms with Crippen molar-refractivity contribution < 1.29 is 14.6 Å². The van der Waals surface area contributed by atoms with Crippen LogP contribution in [-0.2, 0) is 16.6 Å². The highest BCUT2D eigenvalue weighted by Crippen LogP contribution is 2.09. The van der Waals surface area contributed by atoms with Crippen LogP contribution in [0.25, 0.3) is 0 Å². The van der Waals surface area contributed by atoms with Gasteiger partial charge in [-0.1, -0.05) is 5.21 Å². The smallest absolute Gasteiger partial charge is 0.341 e. The molecule has 1 N–H and O–H groups in total. The van der Waals surface area contributed by atoms with E-state index in [1.807, 2.05) is 0 Å². The molecule has 0 aliphatic rings. The zero-order valence-electron chi connectivity index (χ0n) is 7.47. The average Bonchev–Trinajstić information content (AvgIpc) is 2.51. The molecule has 6 heteroatoms. The van der Waals surface area contributed by atoms with Crippen LogP contribution >= 0.6 is 0 Å². The number of aliphatic hydroxyl groups excluding tert-OH is 1. The van der Waals surface area contributed by atoms with Crippen molar-refractivity contribution >= 4 is 5.97 Å². The van der Waals surface area contributed by atoms with Crippen LogP contribution in [0.5, 0.6) is 0 Å². The van der Waals surface area contributed by atoms with Crippen LogP contribution in [0.15, 0.2) is 6.20 Å². The topological polar surface area (TPSA) is 77.2 Å². The number of ether oxygens (including phenoxy) is 1. The first kappa shape index (κ1) is 9.66. The van der Waals surface area contributed by atoms with E-state index in [1.54, 1.807) is 14.0 Å². The van der Waals surface area contributed by atoms with Crippen molar-refractivity contribution in [2.45, 2.75) is 13.0 Å². The molecule has 0 aromatic carbocycles. The normalized spacial score (nSPS) is 12.5. The first-order valence-corrected chi connectivity index (χ1v) is 3.86. The molecular weight excluding hydrogens is 174 g/mol. The molecule has 0 radical (unpaired) electrons. The van der Waals surface area contributed by atoms with Crippen LogP contribution in [0.3, 0.4) is 0 Å². The number of hydrogen-bond acceptors (Lipinski definition) is 5. The molecule has 72 valence electrons.